The second-order valence-corrected chi connectivity index (χ2v) is 4.16. The molecule has 0 fully saturated rings. The number of unbranched alkanes of at least 4 members (excludes halogenated alkanes) is 1. The summed E-state index contributed by atoms with van der Waals surface area (Å²) in [5.74, 6) is -1.02. The molecule has 2 amide bonds. The van der Waals surface area contributed by atoms with Crippen LogP contribution in [-0.4, -0.2) is 64.8 Å². The Labute approximate surface area is 108 Å². The molecule has 0 aliphatic carbocycles. The van der Waals surface area contributed by atoms with Crippen molar-refractivity contribution in [3.8, 4) is 0 Å². The van der Waals surface area contributed by atoms with Crippen LogP contribution in [0.2, 0.25) is 0 Å². The van der Waals surface area contributed by atoms with Crippen molar-refractivity contribution in [3.63, 3.8) is 0 Å². The Balaban J connectivity index is 4.58. The first-order chi connectivity index (χ1) is 8.56. The van der Waals surface area contributed by atoms with Gasteiger partial charge in [0.2, 0.25) is 0 Å². The minimum Gasteiger partial charge on any atom is -0.480 e. The highest BCUT2D eigenvalue weighted by Crippen LogP contribution is 2.03. The lowest BCUT2D eigenvalue weighted by Gasteiger charge is -2.29. The van der Waals surface area contributed by atoms with E-state index in [0.29, 0.717) is 19.5 Å². The van der Waals surface area contributed by atoms with Crippen molar-refractivity contribution in [3.05, 3.63) is 0 Å². The number of nitrogens with zero attached hydrogens (tertiary/aromatic N) is 2. The molecule has 0 atom stereocenters. The van der Waals surface area contributed by atoms with Crippen molar-refractivity contribution in [2.45, 2.75) is 33.1 Å². The Bertz CT molecular complexity index is 258. The normalized spacial score (nSPS) is 10.2. The SMILES string of the molecule is CCCCN(CCO)C(=O)N(CCC)CC(=O)O. The summed E-state index contributed by atoms with van der Waals surface area (Å²) in [6, 6.07) is -0.304. The van der Waals surface area contributed by atoms with Crippen LogP contribution in [0.15, 0.2) is 0 Å². The van der Waals surface area contributed by atoms with Gasteiger partial charge in [0.1, 0.15) is 6.54 Å². The van der Waals surface area contributed by atoms with Crippen molar-refractivity contribution >= 4 is 12.0 Å². The maximum atomic E-state index is 12.1. The Morgan fingerprint density at radius 3 is 2.11 bits per heavy atom. The molecule has 2 N–H and O–H groups in total. The van der Waals surface area contributed by atoms with Gasteiger partial charge in [-0.3, -0.25) is 4.79 Å². The first-order valence-electron chi connectivity index (χ1n) is 6.43. The van der Waals surface area contributed by atoms with Crippen LogP contribution in [0.25, 0.3) is 0 Å². The van der Waals surface area contributed by atoms with E-state index in [9.17, 15) is 9.59 Å². The first-order valence-corrected chi connectivity index (χ1v) is 6.43. The third-order valence-corrected chi connectivity index (χ3v) is 2.51. The summed E-state index contributed by atoms with van der Waals surface area (Å²) in [5.41, 5.74) is 0. The van der Waals surface area contributed by atoms with Crippen molar-refractivity contribution in [2.24, 2.45) is 0 Å². The molecule has 0 spiro atoms. The summed E-state index contributed by atoms with van der Waals surface area (Å²) in [6.45, 7) is 4.73. The Morgan fingerprint density at radius 2 is 1.67 bits per heavy atom. The van der Waals surface area contributed by atoms with Crippen LogP contribution in [0.4, 0.5) is 4.79 Å². The summed E-state index contributed by atoms with van der Waals surface area (Å²) in [7, 11) is 0. The van der Waals surface area contributed by atoms with Crippen molar-refractivity contribution in [2.75, 3.05) is 32.8 Å². The quantitative estimate of drug-likeness (QED) is 0.648. The molecule has 0 bridgehead atoms. The number of carboxylic acids is 1. The monoisotopic (exact) mass is 260 g/mol. The molecule has 0 saturated carbocycles. The molecule has 0 heterocycles. The lowest BCUT2D eigenvalue weighted by atomic mass is 10.3. The minimum absolute atomic E-state index is 0.109. The lowest BCUT2D eigenvalue weighted by Crippen LogP contribution is -2.47. The highest BCUT2D eigenvalue weighted by molar-refractivity contribution is 5.80. The standard InChI is InChI=1S/C12H24N2O4/c1-3-5-7-13(8-9-15)12(18)14(6-4-2)10-11(16)17/h15H,3-10H2,1-2H3,(H,16,17). The van der Waals surface area contributed by atoms with Gasteiger partial charge < -0.3 is 20.0 Å². The summed E-state index contributed by atoms with van der Waals surface area (Å²) in [4.78, 5) is 25.7. The predicted molar refractivity (Wildman–Crippen MR) is 68.5 cm³/mol. The number of rotatable bonds is 9. The van der Waals surface area contributed by atoms with E-state index in [1.54, 1.807) is 0 Å². The van der Waals surface area contributed by atoms with Crippen LogP contribution in [0.3, 0.4) is 0 Å². The van der Waals surface area contributed by atoms with E-state index in [1.165, 1.54) is 9.80 Å². The fourth-order valence-electron chi connectivity index (χ4n) is 1.65. The van der Waals surface area contributed by atoms with Crippen LogP contribution in [-0.2, 0) is 4.79 Å². The molecule has 0 rings (SSSR count). The molecule has 18 heavy (non-hydrogen) atoms. The molecule has 6 nitrogen and oxygen atoms in total. The van der Waals surface area contributed by atoms with Gasteiger partial charge in [-0.2, -0.15) is 0 Å². The lowest BCUT2D eigenvalue weighted by molar-refractivity contribution is -0.137. The maximum Gasteiger partial charge on any atom is 0.323 e. The van der Waals surface area contributed by atoms with Gasteiger partial charge in [-0.1, -0.05) is 20.3 Å². The number of hydrogen-bond donors (Lipinski definition) is 2. The van der Waals surface area contributed by atoms with Crippen LogP contribution in [0, 0.1) is 0 Å². The van der Waals surface area contributed by atoms with E-state index >= 15 is 0 Å². The van der Waals surface area contributed by atoms with Crippen molar-refractivity contribution in [1.82, 2.24) is 9.80 Å². The summed E-state index contributed by atoms with van der Waals surface area (Å²) >= 11 is 0. The minimum atomic E-state index is -1.02. The number of aliphatic hydroxyl groups is 1. The fourth-order valence-corrected chi connectivity index (χ4v) is 1.65. The summed E-state index contributed by atoms with van der Waals surface area (Å²) < 4.78 is 0. The summed E-state index contributed by atoms with van der Waals surface area (Å²) in [6.07, 6.45) is 2.50. The molecule has 0 aromatic carbocycles. The van der Waals surface area contributed by atoms with Crippen LogP contribution in [0.1, 0.15) is 33.1 Å². The van der Waals surface area contributed by atoms with E-state index < -0.39 is 5.97 Å². The van der Waals surface area contributed by atoms with Crippen molar-refractivity contribution in [1.29, 1.82) is 0 Å². The van der Waals surface area contributed by atoms with Crippen LogP contribution < -0.4 is 0 Å². The highest BCUT2D eigenvalue weighted by atomic mass is 16.4. The first kappa shape index (κ1) is 16.7. The number of hydrogen-bond acceptors (Lipinski definition) is 3. The number of urea groups is 1. The molecule has 0 saturated heterocycles. The third-order valence-electron chi connectivity index (χ3n) is 2.51. The van der Waals surface area contributed by atoms with E-state index in [0.717, 1.165) is 12.8 Å². The fraction of sp³-hybridized carbons (Fsp3) is 0.833. The molecule has 0 aromatic rings. The molecule has 0 aliphatic heterocycles. The smallest absolute Gasteiger partial charge is 0.323 e. The zero-order valence-electron chi connectivity index (χ0n) is 11.3. The summed E-state index contributed by atoms with van der Waals surface area (Å²) in [5, 5.41) is 17.7. The average molecular weight is 260 g/mol. The Morgan fingerprint density at radius 1 is 1.00 bits per heavy atom. The van der Waals surface area contributed by atoms with Gasteiger partial charge in [0, 0.05) is 19.6 Å². The molecular weight excluding hydrogens is 236 g/mol. The van der Waals surface area contributed by atoms with E-state index in [2.05, 4.69) is 0 Å². The number of aliphatic carboxylic acids is 1. The molecule has 0 aromatic heterocycles. The number of aliphatic hydroxyl groups excluding tert-OH is 1. The van der Waals surface area contributed by atoms with Crippen molar-refractivity contribution < 1.29 is 19.8 Å². The van der Waals surface area contributed by atoms with Gasteiger partial charge in [-0.05, 0) is 12.8 Å². The molecular formula is C12H24N2O4. The Hall–Kier alpha value is -1.30. The zero-order chi connectivity index (χ0) is 14.0. The molecule has 0 radical (unpaired) electrons. The van der Waals surface area contributed by atoms with Gasteiger partial charge in [0.05, 0.1) is 6.61 Å². The number of amides is 2. The van der Waals surface area contributed by atoms with Gasteiger partial charge in [-0.15, -0.1) is 0 Å². The highest BCUT2D eigenvalue weighted by Gasteiger charge is 2.21. The van der Waals surface area contributed by atoms with Gasteiger partial charge in [-0.25, -0.2) is 4.79 Å². The van der Waals surface area contributed by atoms with E-state index in [4.69, 9.17) is 10.2 Å². The number of carbonyl (C=O) groups is 2. The van der Waals surface area contributed by atoms with Gasteiger partial charge >= 0.3 is 12.0 Å². The van der Waals surface area contributed by atoms with Gasteiger partial charge in [0.25, 0.3) is 0 Å². The molecule has 0 aliphatic rings. The van der Waals surface area contributed by atoms with Gasteiger partial charge in [0.15, 0.2) is 0 Å². The maximum absolute atomic E-state index is 12.1. The largest absolute Gasteiger partial charge is 0.480 e. The Kier molecular flexibility index (Phi) is 9.00. The average Bonchev–Trinajstić information content (AvgIpc) is 2.32. The third kappa shape index (κ3) is 6.44. The second kappa shape index (κ2) is 9.70. The van der Waals surface area contributed by atoms with Crippen LogP contribution >= 0.6 is 0 Å². The number of carboxylic acid groups (broad SMARTS) is 1. The zero-order valence-corrected chi connectivity index (χ0v) is 11.3. The van der Waals surface area contributed by atoms with Crippen LogP contribution in [0.5, 0.6) is 0 Å². The molecule has 106 valence electrons. The van der Waals surface area contributed by atoms with E-state index in [1.807, 2.05) is 13.8 Å². The topological polar surface area (TPSA) is 81.1 Å². The predicted octanol–water partition coefficient (Wildman–Crippen LogP) is 0.997. The van der Waals surface area contributed by atoms with E-state index in [-0.39, 0.29) is 25.7 Å². The second-order valence-electron chi connectivity index (χ2n) is 4.16. The molecule has 6 heteroatoms. The number of carbonyl (C=O) groups excluding carboxylic acids is 1. The molecule has 0 unspecified atom stereocenters.